The van der Waals surface area contributed by atoms with Gasteiger partial charge in [0.05, 0.1) is 6.61 Å². The van der Waals surface area contributed by atoms with Gasteiger partial charge in [-0.3, -0.25) is 0 Å². The third-order valence-corrected chi connectivity index (χ3v) is 2.10. The minimum atomic E-state index is 0.230. The van der Waals surface area contributed by atoms with E-state index in [1.54, 1.807) is 6.07 Å². The molecule has 1 fully saturated rings. The van der Waals surface area contributed by atoms with Crippen molar-refractivity contribution in [3.05, 3.63) is 23.8 Å². The molecule has 2 N–H and O–H groups in total. The van der Waals surface area contributed by atoms with Crippen LogP contribution >= 0.6 is 0 Å². The average Bonchev–Trinajstić information content (AvgIpc) is 2.92. The minimum absolute atomic E-state index is 0.230. The summed E-state index contributed by atoms with van der Waals surface area (Å²) in [6.07, 6.45) is 0. The molecule has 0 saturated carbocycles. The van der Waals surface area contributed by atoms with E-state index in [1.165, 1.54) is 0 Å². The number of benzene rings is 1. The molecule has 13 heavy (non-hydrogen) atoms. The number of para-hydroxylation sites is 1. The second-order valence-electron chi connectivity index (χ2n) is 3.09. The van der Waals surface area contributed by atoms with E-state index >= 15 is 0 Å². The summed E-state index contributed by atoms with van der Waals surface area (Å²) in [6, 6.07) is 5.84. The Kier molecular flexibility index (Phi) is 2.10. The highest BCUT2D eigenvalue weighted by molar-refractivity contribution is 5.48. The second-order valence-corrected chi connectivity index (χ2v) is 3.09. The molecule has 0 radical (unpaired) electrons. The quantitative estimate of drug-likeness (QED) is 0.690. The van der Waals surface area contributed by atoms with Crippen LogP contribution in [0.5, 0.6) is 11.5 Å². The Balaban J connectivity index is 2.35. The topological polar surface area (TPSA) is 51.4 Å². The molecular formula is C10H13NO2. The molecule has 0 spiro atoms. The van der Waals surface area contributed by atoms with E-state index in [1.807, 2.05) is 19.1 Å². The Hall–Kier alpha value is -1.22. The molecule has 0 bridgehead atoms. The number of hydrogen-bond donors (Lipinski definition) is 2. The van der Waals surface area contributed by atoms with Gasteiger partial charge in [0, 0.05) is 18.2 Å². The number of phenols is 1. The average molecular weight is 179 g/mol. The van der Waals surface area contributed by atoms with Crippen LogP contribution in [-0.4, -0.2) is 18.3 Å². The fourth-order valence-electron chi connectivity index (χ4n) is 1.40. The van der Waals surface area contributed by atoms with Crippen molar-refractivity contribution in [3.63, 3.8) is 0 Å². The molecule has 1 saturated heterocycles. The Labute approximate surface area is 77.3 Å². The molecule has 1 aliphatic heterocycles. The zero-order valence-corrected chi connectivity index (χ0v) is 7.58. The molecule has 0 aliphatic carbocycles. The van der Waals surface area contributed by atoms with Crippen LogP contribution < -0.4 is 10.1 Å². The zero-order chi connectivity index (χ0) is 9.26. The normalized spacial score (nSPS) is 19.9. The van der Waals surface area contributed by atoms with Gasteiger partial charge >= 0.3 is 0 Å². The molecule has 1 aromatic rings. The summed E-state index contributed by atoms with van der Waals surface area (Å²) in [5.74, 6) is 0.855. The maximum Gasteiger partial charge on any atom is 0.165 e. The van der Waals surface area contributed by atoms with Crippen molar-refractivity contribution < 1.29 is 9.84 Å². The molecule has 3 nitrogen and oxygen atoms in total. The lowest BCUT2D eigenvalue weighted by atomic mass is 10.1. The Morgan fingerprint density at radius 2 is 2.38 bits per heavy atom. The number of nitrogens with one attached hydrogen (secondary N) is 1. The molecule has 1 aromatic carbocycles. The molecular weight excluding hydrogens is 166 g/mol. The van der Waals surface area contributed by atoms with Gasteiger partial charge in [0.25, 0.3) is 0 Å². The molecule has 3 heteroatoms. The molecule has 0 amide bonds. The van der Waals surface area contributed by atoms with Crippen molar-refractivity contribution in [3.8, 4) is 11.5 Å². The van der Waals surface area contributed by atoms with Crippen molar-refractivity contribution in [2.24, 2.45) is 0 Å². The predicted octanol–water partition coefficient (Wildman–Crippen LogP) is 1.44. The van der Waals surface area contributed by atoms with Gasteiger partial charge in [0.1, 0.15) is 0 Å². The summed E-state index contributed by atoms with van der Waals surface area (Å²) in [5, 5.41) is 12.7. The van der Waals surface area contributed by atoms with Crippen LogP contribution in [0, 0.1) is 0 Å². The first-order valence-corrected chi connectivity index (χ1v) is 4.51. The fraction of sp³-hybridized carbons (Fsp3) is 0.400. The van der Waals surface area contributed by atoms with Crippen molar-refractivity contribution in [1.82, 2.24) is 5.32 Å². The smallest absolute Gasteiger partial charge is 0.165 e. The van der Waals surface area contributed by atoms with Crippen LogP contribution in [0.4, 0.5) is 0 Å². The van der Waals surface area contributed by atoms with Crippen LogP contribution in [0.25, 0.3) is 0 Å². The SMILES string of the molecule is CCOc1c(O)cccc1[C@H]1CN1. The number of phenolic OH excluding ortho intramolecular Hbond substituents is 1. The van der Waals surface area contributed by atoms with Gasteiger partial charge in [-0.2, -0.15) is 0 Å². The Morgan fingerprint density at radius 1 is 1.62 bits per heavy atom. The second kappa shape index (κ2) is 3.26. The summed E-state index contributed by atoms with van der Waals surface area (Å²) >= 11 is 0. The first-order valence-electron chi connectivity index (χ1n) is 4.51. The van der Waals surface area contributed by atoms with Gasteiger partial charge in [0.15, 0.2) is 11.5 Å². The number of aromatic hydroxyl groups is 1. The maximum absolute atomic E-state index is 9.55. The zero-order valence-electron chi connectivity index (χ0n) is 7.58. The predicted molar refractivity (Wildman–Crippen MR) is 50.0 cm³/mol. The summed E-state index contributed by atoms with van der Waals surface area (Å²) in [4.78, 5) is 0. The summed E-state index contributed by atoms with van der Waals surface area (Å²) in [6.45, 7) is 3.47. The molecule has 1 heterocycles. The van der Waals surface area contributed by atoms with E-state index in [4.69, 9.17) is 4.74 Å². The van der Waals surface area contributed by atoms with Crippen LogP contribution in [0.15, 0.2) is 18.2 Å². The van der Waals surface area contributed by atoms with Crippen molar-refractivity contribution >= 4 is 0 Å². The number of rotatable bonds is 3. The lowest BCUT2D eigenvalue weighted by Gasteiger charge is -2.09. The first kappa shape index (κ1) is 8.38. The highest BCUT2D eigenvalue weighted by Gasteiger charge is 2.26. The molecule has 1 aliphatic rings. The van der Waals surface area contributed by atoms with Gasteiger partial charge in [0.2, 0.25) is 0 Å². The van der Waals surface area contributed by atoms with Gasteiger partial charge in [-0.1, -0.05) is 12.1 Å². The first-order chi connectivity index (χ1) is 6.33. The molecule has 70 valence electrons. The molecule has 2 rings (SSSR count). The van der Waals surface area contributed by atoms with Gasteiger partial charge in [-0.15, -0.1) is 0 Å². The summed E-state index contributed by atoms with van der Waals surface area (Å²) < 4.78 is 5.38. The van der Waals surface area contributed by atoms with Crippen LogP contribution in [0.3, 0.4) is 0 Å². The highest BCUT2D eigenvalue weighted by atomic mass is 16.5. The minimum Gasteiger partial charge on any atom is -0.504 e. The van der Waals surface area contributed by atoms with Crippen LogP contribution in [0.2, 0.25) is 0 Å². The monoisotopic (exact) mass is 179 g/mol. The Bertz CT molecular complexity index is 308. The van der Waals surface area contributed by atoms with Crippen LogP contribution in [-0.2, 0) is 0 Å². The lowest BCUT2D eigenvalue weighted by molar-refractivity contribution is 0.314. The fourth-order valence-corrected chi connectivity index (χ4v) is 1.40. The van der Waals surface area contributed by atoms with Gasteiger partial charge < -0.3 is 15.2 Å². The molecule has 0 unspecified atom stereocenters. The van der Waals surface area contributed by atoms with Crippen molar-refractivity contribution in [1.29, 1.82) is 0 Å². The van der Waals surface area contributed by atoms with E-state index in [0.717, 1.165) is 12.1 Å². The molecule has 0 aromatic heterocycles. The largest absolute Gasteiger partial charge is 0.504 e. The third-order valence-electron chi connectivity index (χ3n) is 2.10. The third kappa shape index (κ3) is 1.60. The number of hydrogen-bond acceptors (Lipinski definition) is 3. The van der Waals surface area contributed by atoms with Gasteiger partial charge in [-0.25, -0.2) is 0 Å². The van der Waals surface area contributed by atoms with E-state index < -0.39 is 0 Å². The van der Waals surface area contributed by atoms with E-state index in [-0.39, 0.29) is 5.75 Å². The standard InChI is InChI=1S/C10H13NO2/c1-2-13-10-7(8-6-11-8)4-3-5-9(10)12/h3-5,8,11-12H,2,6H2,1H3/t8-/m1/s1. The van der Waals surface area contributed by atoms with Crippen molar-refractivity contribution in [2.45, 2.75) is 13.0 Å². The van der Waals surface area contributed by atoms with Gasteiger partial charge in [-0.05, 0) is 13.0 Å². The maximum atomic E-state index is 9.55. The van der Waals surface area contributed by atoms with E-state index in [0.29, 0.717) is 18.4 Å². The van der Waals surface area contributed by atoms with Crippen molar-refractivity contribution in [2.75, 3.05) is 13.2 Å². The van der Waals surface area contributed by atoms with E-state index in [9.17, 15) is 5.11 Å². The molecule has 1 atom stereocenters. The van der Waals surface area contributed by atoms with E-state index in [2.05, 4.69) is 5.32 Å². The summed E-state index contributed by atoms with van der Waals surface area (Å²) in [5.41, 5.74) is 1.06. The highest BCUT2D eigenvalue weighted by Crippen LogP contribution is 2.37. The summed E-state index contributed by atoms with van der Waals surface area (Å²) in [7, 11) is 0. The lowest BCUT2D eigenvalue weighted by Crippen LogP contribution is -1.97. The number of ether oxygens (including phenoxy) is 1. The Morgan fingerprint density at radius 3 is 3.00 bits per heavy atom. The van der Waals surface area contributed by atoms with Crippen LogP contribution in [0.1, 0.15) is 18.5 Å².